The van der Waals surface area contributed by atoms with Gasteiger partial charge in [0.15, 0.2) is 11.0 Å². The summed E-state index contributed by atoms with van der Waals surface area (Å²) in [6.07, 6.45) is 3.01. The molecule has 0 saturated carbocycles. The maximum Gasteiger partial charge on any atom is 0.236 e. The van der Waals surface area contributed by atoms with Gasteiger partial charge in [0.05, 0.1) is 5.75 Å². The molecule has 0 spiro atoms. The number of aromatic nitrogens is 4. The summed E-state index contributed by atoms with van der Waals surface area (Å²) in [5, 5.41) is 17.9. The van der Waals surface area contributed by atoms with E-state index in [2.05, 4.69) is 48.8 Å². The number of nitrogens with zero attached hydrogens (tertiary/aromatic N) is 4. The molecule has 9 heteroatoms. The van der Waals surface area contributed by atoms with Crippen molar-refractivity contribution in [1.29, 1.82) is 0 Å². The number of carbonyl (C=O) groups excluding carboxylic acids is 1. The van der Waals surface area contributed by atoms with Crippen molar-refractivity contribution in [2.45, 2.75) is 24.5 Å². The Balaban J connectivity index is 1.46. The van der Waals surface area contributed by atoms with E-state index >= 15 is 0 Å². The van der Waals surface area contributed by atoms with E-state index in [1.165, 1.54) is 28.5 Å². The van der Waals surface area contributed by atoms with Gasteiger partial charge in [-0.1, -0.05) is 53.3 Å². The highest BCUT2D eigenvalue weighted by molar-refractivity contribution is 7.99. The largest absolute Gasteiger partial charge is 0.363 e. The van der Waals surface area contributed by atoms with Crippen LogP contribution in [-0.4, -0.2) is 31.6 Å². The van der Waals surface area contributed by atoms with Crippen molar-refractivity contribution in [3.05, 3.63) is 76.4 Å². The molecule has 0 aliphatic carbocycles. The molecule has 3 aromatic heterocycles. The van der Waals surface area contributed by atoms with Gasteiger partial charge < -0.3 is 14.4 Å². The minimum Gasteiger partial charge on any atom is -0.363 e. The normalized spacial score (nSPS) is 10.9. The number of anilines is 1. The average Bonchev–Trinajstić information content (AvgIpc) is 3.49. The van der Waals surface area contributed by atoms with Gasteiger partial charge in [-0.25, -0.2) is 0 Å². The van der Waals surface area contributed by atoms with E-state index in [-0.39, 0.29) is 11.7 Å². The van der Waals surface area contributed by atoms with E-state index in [1.807, 2.05) is 24.3 Å². The van der Waals surface area contributed by atoms with Crippen molar-refractivity contribution in [1.82, 2.24) is 19.9 Å². The highest BCUT2D eigenvalue weighted by Gasteiger charge is 2.15. The van der Waals surface area contributed by atoms with Gasteiger partial charge in [0.1, 0.15) is 12.1 Å². The third kappa shape index (κ3) is 5.33. The molecule has 0 aliphatic heterocycles. The lowest BCUT2D eigenvalue weighted by Crippen LogP contribution is -2.15. The van der Waals surface area contributed by atoms with Gasteiger partial charge in [-0.2, -0.15) is 0 Å². The molecule has 0 atom stereocenters. The SMILES string of the molecule is O=C(CSc1nnc(Cc2cccs2)n1CCc1ccccc1)Nc1ccon1. The summed E-state index contributed by atoms with van der Waals surface area (Å²) in [6.45, 7) is 0.755. The Morgan fingerprint density at radius 3 is 2.79 bits per heavy atom. The molecule has 1 aromatic carbocycles. The molecule has 4 aromatic rings. The molecule has 0 saturated heterocycles. The number of carbonyl (C=O) groups is 1. The van der Waals surface area contributed by atoms with Crippen molar-refractivity contribution in [3.63, 3.8) is 0 Å². The number of thioether (sulfide) groups is 1. The Morgan fingerprint density at radius 2 is 2.03 bits per heavy atom. The number of hydrogen-bond donors (Lipinski definition) is 1. The first-order valence-electron chi connectivity index (χ1n) is 9.09. The molecule has 0 radical (unpaired) electrons. The molecular weight excluding hydrogens is 406 g/mol. The van der Waals surface area contributed by atoms with Crippen molar-refractivity contribution >= 4 is 34.8 Å². The third-order valence-corrected chi connectivity index (χ3v) is 6.05. The standard InChI is InChI=1S/C20H19N5O2S2/c26-19(21-17-9-11-27-24-17)14-29-20-23-22-18(13-16-7-4-12-28-16)25(20)10-8-15-5-2-1-3-6-15/h1-7,9,11-12H,8,10,13-14H2,(H,21,24,26). The van der Waals surface area contributed by atoms with Crippen LogP contribution in [-0.2, 0) is 24.2 Å². The van der Waals surface area contributed by atoms with E-state index in [4.69, 9.17) is 4.52 Å². The van der Waals surface area contributed by atoms with Crippen molar-refractivity contribution in [3.8, 4) is 0 Å². The Morgan fingerprint density at radius 1 is 1.14 bits per heavy atom. The first-order chi connectivity index (χ1) is 14.3. The van der Waals surface area contributed by atoms with E-state index in [0.29, 0.717) is 5.82 Å². The zero-order chi connectivity index (χ0) is 19.9. The summed E-state index contributed by atoms with van der Waals surface area (Å²) in [5.74, 6) is 1.36. The molecule has 4 rings (SSSR count). The van der Waals surface area contributed by atoms with Crippen LogP contribution in [0.25, 0.3) is 0 Å². The van der Waals surface area contributed by atoms with Crippen LogP contribution in [0.4, 0.5) is 5.82 Å². The van der Waals surface area contributed by atoms with Gasteiger partial charge in [-0.3, -0.25) is 4.79 Å². The van der Waals surface area contributed by atoms with Gasteiger partial charge >= 0.3 is 0 Å². The monoisotopic (exact) mass is 425 g/mol. The number of amides is 1. The fourth-order valence-electron chi connectivity index (χ4n) is 2.82. The topological polar surface area (TPSA) is 85.8 Å². The van der Waals surface area contributed by atoms with Crippen LogP contribution in [0, 0.1) is 0 Å². The van der Waals surface area contributed by atoms with Crippen LogP contribution >= 0.6 is 23.1 Å². The van der Waals surface area contributed by atoms with Crippen LogP contribution in [0.5, 0.6) is 0 Å². The minimum absolute atomic E-state index is 0.165. The molecule has 0 bridgehead atoms. The van der Waals surface area contributed by atoms with Gasteiger partial charge in [-0.15, -0.1) is 21.5 Å². The Kier molecular flexibility index (Phi) is 6.38. The maximum atomic E-state index is 12.2. The Bertz CT molecular complexity index is 1030. The fraction of sp³-hybridized carbons (Fsp3) is 0.200. The van der Waals surface area contributed by atoms with Crippen molar-refractivity contribution in [2.75, 3.05) is 11.1 Å². The predicted molar refractivity (Wildman–Crippen MR) is 113 cm³/mol. The van der Waals surface area contributed by atoms with Crippen molar-refractivity contribution in [2.24, 2.45) is 0 Å². The second-order valence-corrected chi connectivity index (χ2v) is 8.24. The van der Waals surface area contributed by atoms with Crippen LogP contribution in [0.15, 0.2) is 69.9 Å². The van der Waals surface area contributed by atoms with Crippen LogP contribution in [0.2, 0.25) is 0 Å². The summed E-state index contributed by atoms with van der Waals surface area (Å²) in [6, 6.07) is 16.1. The molecule has 0 unspecified atom stereocenters. The first kappa shape index (κ1) is 19.4. The van der Waals surface area contributed by atoms with Gasteiger partial charge in [0.25, 0.3) is 0 Å². The maximum absolute atomic E-state index is 12.2. The number of hydrogen-bond acceptors (Lipinski definition) is 7. The Labute approximate surface area is 176 Å². The summed E-state index contributed by atoms with van der Waals surface area (Å²) >= 11 is 3.07. The van der Waals surface area contributed by atoms with Gasteiger partial charge in [0, 0.05) is 23.9 Å². The van der Waals surface area contributed by atoms with Crippen molar-refractivity contribution < 1.29 is 9.32 Å². The zero-order valence-corrected chi connectivity index (χ0v) is 17.2. The second-order valence-electron chi connectivity index (χ2n) is 6.26. The van der Waals surface area contributed by atoms with Gasteiger partial charge in [0.2, 0.25) is 5.91 Å². The first-order valence-corrected chi connectivity index (χ1v) is 11.0. The van der Waals surface area contributed by atoms with Crippen LogP contribution < -0.4 is 5.32 Å². The number of aryl methyl sites for hydroxylation is 1. The number of rotatable bonds is 9. The molecule has 0 aliphatic rings. The highest BCUT2D eigenvalue weighted by atomic mass is 32.2. The summed E-state index contributed by atoms with van der Waals surface area (Å²) in [7, 11) is 0. The summed E-state index contributed by atoms with van der Waals surface area (Å²) < 4.78 is 6.84. The number of nitrogens with one attached hydrogen (secondary N) is 1. The summed E-state index contributed by atoms with van der Waals surface area (Å²) in [4.78, 5) is 13.4. The highest BCUT2D eigenvalue weighted by Crippen LogP contribution is 2.21. The quantitative estimate of drug-likeness (QED) is 0.410. The molecule has 29 heavy (non-hydrogen) atoms. The molecule has 1 amide bonds. The lowest BCUT2D eigenvalue weighted by atomic mass is 10.1. The molecule has 1 N–H and O–H groups in total. The zero-order valence-electron chi connectivity index (χ0n) is 15.5. The Hall–Kier alpha value is -2.91. The fourth-order valence-corrected chi connectivity index (χ4v) is 4.31. The van der Waals surface area contributed by atoms with E-state index in [0.717, 1.165) is 30.4 Å². The third-order valence-electron chi connectivity index (χ3n) is 4.21. The molecule has 7 nitrogen and oxygen atoms in total. The molecule has 0 fully saturated rings. The molecule has 3 heterocycles. The van der Waals surface area contributed by atoms with E-state index in [1.54, 1.807) is 17.4 Å². The van der Waals surface area contributed by atoms with Crippen LogP contribution in [0.3, 0.4) is 0 Å². The lowest BCUT2D eigenvalue weighted by Gasteiger charge is -2.10. The molecular formula is C20H19N5O2S2. The predicted octanol–water partition coefficient (Wildman–Crippen LogP) is 3.89. The minimum atomic E-state index is -0.165. The average molecular weight is 426 g/mol. The summed E-state index contributed by atoms with van der Waals surface area (Å²) in [5.41, 5.74) is 1.25. The number of thiophene rings is 1. The second kappa shape index (κ2) is 9.53. The molecule has 148 valence electrons. The lowest BCUT2D eigenvalue weighted by molar-refractivity contribution is -0.113. The number of benzene rings is 1. The van der Waals surface area contributed by atoms with E-state index < -0.39 is 0 Å². The van der Waals surface area contributed by atoms with E-state index in [9.17, 15) is 4.79 Å². The smallest absolute Gasteiger partial charge is 0.236 e. The van der Waals surface area contributed by atoms with Gasteiger partial charge in [-0.05, 0) is 23.4 Å². The van der Waals surface area contributed by atoms with Crippen LogP contribution in [0.1, 0.15) is 16.3 Å².